The highest BCUT2D eigenvalue weighted by Crippen LogP contribution is 2.27. The maximum atomic E-state index is 13.4. The largest absolute Gasteiger partial charge is 0.472 e. The highest BCUT2D eigenvalue weighted by atomic mass is 19.1. The van der Waals surface area contributed by atoms with E-state index in [4.69, 9.17) is 4.42 Å². The molecule has 0 aliphatic carbocycles. The lowest BCUT2D eigenvalue weighted by molar-refractivity contribution is 0.0603. The van der Waals surface area contributed by atoms with Crippen LogP contribution >= 0.6 is 0 Å². The molecule has 1 saturated heterocycles. The number of carbonyl (C=O) groups excluding carboxylic acids is 2. The van der Waals surface area contributed by atoms with Crippen molar-refractivity contribution in [1.82, 2.24) is 10.2 Å². The van der Waals surface area contributed by atoms with Crippen LogP contribution in [0.2, 0.25) is 0 Å². The summed E-state index contributed by atoms with van der Waals surface area (Å²) in [6.07, 6.45) is 5.98. The number of hydrogen-bond donors (Lipinski definition) is 1. The molecule has 3 aromatic rings. The van der Waals surface area contributed by atoms with E-state index >= 15 is 0 Å². The molecule has 1 aromatic heterocycles. The van der Waals surface area contributed by atoms with Gasteiger partial charge < -0.3 is 14.6 Å². The summed E-state index contributed by atoms with van der Waals surface area (Å²) in [5.41, 5.74) is 2.71. The maximum absolute atomic E-state index is 13.4. The second kappa shape index (κ2) is 8.95. The first kappa shape index (κ1) is 19.9. The van der Waals surface area contributed by atoms with Crippen molar-refractivity contribution in [2.75, 3.05) is 13.1 Å². The van der Waals surface area contributed by atoms with Gasteiger partial charge in [-0.05, 0) is 61.2 Å². The van der Waals surface area contributed by atoms with Crippen LogP contribution in [0, 0.1) is 5.82 Å². The molecule has 2 heterocycles. The topological polar surface area (TPSA) is 62.6 Å². The Kier molecular flexibility index (Phi) is 5.93. The molecule has 2 aromatic carbocycles. The second-order valence-electron chi connectivity index (χ2n) is 7.42. The van der Waals surface area contributed by atoms with Crippen molar-refractivity contribution in [2.24, 2.45) is 0 Å². The number of amides is 2. The van der Waals surface area contributed by atoms with E-state index in [0.29, 0.717) is 24.2 Å². The predicted molar refractivity (Wildman–Crippen MR) is 112 cm³/mol. The number of rotatable bonds is 5. The van der Waals surface area contributed by atoms with E-state index in [2.05, 4.69) is 5.32 Å². The van der Waals surface area contributed by atoms with Crippen LogP contribution in [-0.2, 0) is 0 Å². The van der Waals surface area contributed by atoms with Crippen LogP contribution in [0.1, 0.15) is 40.0 Å². The van der Waals surface area contributed by atoms with Gasteiger partial charge in [-0.15, -0.1) is 0 Å². The van der Waals surface area contributed by atoms with Gasteiger partial charge in [0.1, 0.15) is 5.82 Å². The normalized spacial score (nSPS) is 16.3. The van der Waals surface area contributed by atoms with Crippen LogP contribution in [-0.4, -0.2) is 35.8 Å². The third-order valence-corrected chi connectivity index (χ3v) is 5.48. The van der Waals surface area contributed by atoms with E-state index in [0.717, 1.165) is 30.4 Å². The Morgan fingerprint density at radius 3 is 2.63 bits per heavy atom. The van der Waals surface area contributed by atoms with Crippen LogP contribution in [0.5, 0.6) is 0 Å². The fourth-order valence-electron chi connectivity index (χ4n) is 3.89. The number of hydrogen-bond acceptors (Lipinski definition) is 3. The number of benzene rings is 2. The zero-order chi connectivity index (χ0) is 20.9. The second-order valence-corrected chi connectivity index (χ2v) is 7.42. The number of piperidine rings is 1. The van der Waals surface area contributed by atoms with Crippen LogP contribution in [0.25, 0.3) is 11.1 Å². The summed E-state index contributed by atoms with van der Waals surface area (Å²) in [4.78, 5) is 27.7. The van der Waals surface area contributed by atoms with Gasteiger partial charge in [-0.3, -0.25) is 9.59 Å². The molecule has 1 fully saturated rings. The quantitative estimate of drug-likeness (QED) is 0.678. The molecule has 6 heteroatoms. The molecule has 4 rings (SSSR count). The Balaban J connectivity index is 1.49. The maximum Gasteiger partial charge on any atom is 0.254 e. The molecule has 154 valence electrons. The summed E-state index contributed by atoms with van der Waals surface area (Å²) in [6, 6.07) is 14.7. The van der Waals surface area contributed by atoms with E-state index in [1.807, 2.05) is 35.2 Å². The molecule has 2 amide bonds. The highest BCUT2D eigenvalue weighted by Gasteiger charge is 2.29. The Morgan fingerprint density at radius 2 is 1.87 bits per heavy atom. The number of nitrogens with zero attached hydrogens (tertiary/aromatic N) is 1. The Labute approximate surface area is 174 Å². The van der Waals surface area contributed by atoms with E-state index in [1.165, 1.54) is 24.3 Å². The van der Waals surface area contributed by atoms with Gasteiger partial charge in [0, 0.05) is 35.8 Å². The molecule has 1 aliphatic rings. The highest BCUT2D eigenvalue weighted by molar-refractivity contribution is 6.01. The molecule has 1 aliphatic heterocycles. The van der Waals surface area contributed by atoms with Gasteiger partial charge in [0.2, 0.25) is 0 Å². The Morgan fingerprint density at radius 1 is 1.07 bits per heavy atom. The molecular formula is C24H23FN2O3. The van der Waals surface area contributed by atoms with Gasteiger partial charge in [-0.2, -0.15) is 0 Å². The minimum Gasteiger partial charge on any atom is -0.472 e. The fraction of sp³-hybridized carbons (Fsp3) is 0.250. The lowest BCUT2D eigenvalue weighted by atomic mass is 9.97. The summed E-state index contributed by atoms with van der Waals surface area (Å²) >= 11 is 0. The van der Waals surface area contributed by atoms with E-state index in [-0.39, 0.29) is 23.7 Å². The standard InChI is InChI=1S/C24H23FN2O3/c25-19-10-8-17(9-11-19)23(28)26-15-20-5-3-4-13-27(20)24(29)22-7-2-1-6-21(22)18-12-14-30-16-18/h1-2,6-12,14,16,20H,3-5,13,15H2,(H,26,28). The third kappa shape index (κ3) is 4.27. The summed E-state index contributed by atoms with van der Waals surface area (Å²) in [5, 5.41) is 2.90. The SMILES string of the molecule is O=C(NCC1CCCCN1C(=O)c1ccccc1-c1ccoc1)c1ccc(F)cc1. The van der Waals surface area contributed by atoms with Crippen molar-refractivity contribution in [1.29, 1.82) is 0 Å². The first-order chi connectivity index (χ1) is 14.6. The molecule has 30 heavy (non-hydrogen) atoms. The van der Waals surface area contributed by atoms with E-state index in [9.17, 15) is 14.0 Å². The molecular weight excluding hydrogens is 383 g/mol. The van der Waals surface area contributed by atoms with E-state index in [1.54, 1.807) is 12.5 Å². The number of nitrogens with one attached hydrogen (secondary N) is 1. The smallest absolute Gasteiger partial charge is 0.254 e. The monoisotopic (exact) mass is 406 g/mol. The number of likely N-dealkylation sites (tertiary alicyclic amines) is 1. The predicted octanol–water partition coefficient (Wildman–Crippen LogP) is 4.51. The van der Waals surface area contributed by atoms with Crippen LogP contribution < -0.4 is 5.32 Å². The molecule has 1 unspecified atom stereocenters. The van der Waals surface area contributed by atoms with Crippen molar-refractivity contribution in [3.63, 3.8) is 0 Å². The average Bonchev–Trinajstić information content (AvgIpc) is 3.32. The van der Waals surface area contributed by atoms with Crippen molar-refractivity contribution < 1.29 is 18.4 Å². The zero-order valence-corrected chi connectivity index (χ0v) is 16.5. The molecule has 0 saturated carbocycles. The van der Waals surface area contributed by atoms with Gasteiger partial charge in [-0.1, -0.05) is 18.2 Å². The van der Waals surface area contributed by atoms with Gasteiger partial charge in [0.05, 0.1) is 12.5 Å². The third-order valence-electron chi connectivity index (χ3n) is 5.48. The summed E-state index contributed by atoms with van der Waals surface area (Å²) in [7, 11) is 0. The van der Waals surface area contributed by atoms with Crippen molar-refractivity contribution >= 4 is 11.8 Å². The van der Waals surface area contributed by atoms with Gasteiger partial charge in [0.15, 0.2) is 0 Å². The average molecular weight is 406 g/mol. The summed E-state index contributed by atoms with van der Waals surface area (Å²) in [5.74, 6) is -0.703. The van der Waals surface area contributed by atoms with Crippen molar-refractivity contribution in [3.05, 3.63) is 84.1 Å². The molecule has 0 bridgehead atoms. The van der Waals surface area contributed by atoms with Crippen LogP contribution in [0.15, 0.2) is 71.5 Å². The Hall–Kier alpha value is -3.41. The number of halogens is 1. The molecule has 0 spiro atoms. The lowest BCUT2D eigenvalue weighted by Gasteiger charge is -2.36. The first-order valence-corrected chi connectivity index (χ1v) is 10.1. The summed E-state index contributed by atoms with van der Waals surface area (Å²) in [6.45, 7) is 1.01. The number of furan rings is 1. The molecule has 0 radical (unpaired) electrons. The van der Waals surface area contributed by atoms with Crippen molar-refractivity contribution in [3.8, 4) is 11.1 Å². The minimum absolute atomic E-state index is 0.0486. The van der Waals surface area contributed by atoms with Crippen LogP contribution in [0.4, 0.5) is 4.39 Å². The van der Waals surface area contributed by atoms with Crippen molar-refractivity contribution in [2.45, 2.75) is 25.3 Å². The van der Waals surface area contributed by atoms with Gasteiger partial charge >= 0.3 is 0 Å². The minimum atomic E-state index is -0.383. The molecule has 5 nitrogen and oxygen atoms in total. The summed E-state index contributed by atoms with van der Waals surface area (Å²) < 4.78 is 18.3. The van der Waals surface area contributed by atoms with Gasteiger partial charge in [0.25, 0.3) is 11.8 Å². The molecule has 1 N–H and O–H groups in total. The Bertz CT molecular complexity index is 1020. The first-order valence-electron chi connectivity index (χ1n) is 10.1. The van der Waals surface area contributed by atoms with E-state index < -0.39 is 0 Å². The lowest BCUT2D eigenvalue weighted by Crippen LogP contribution is -2.49. The molecule has 1 atom stereocenters. The van der Waals surface area contributed by atoms with Gasteiger partial charge in [-0.25, -0.2) is 4.39 Å². The number of carbonyl (C=O) groups is 2. The zero-order valence-electron chi connectivity index (χ0n) is 16.5. The fourth-order valence-corrected chi connectivity index (χ4v) is 3.89. The van der Waals surface area contributed by atoms with Crippen LogP contribution in [0.3, 0.4) is 0 Å².